The summed E-state index contributed by atoms with van der Waals surface area (Å²) in [4.78, 5) is 0. The minimum absolute atomic E-state index is 0.499. The lowest BCUT2D eigenvalue weighted by Gasteiger charge is -2.29. The highest BCUT2D eigenvalue weighted by Gasteiger charge is 2.16. The summed E-state index contributed by atoms with van der Waals surface area (Å²) in [6, 6.07) is 5.99. The molecule has 1 fully saturated rings. The second-order valence-electron chi connectivity index (χ2n) is 3.12. The number of hydrogen-bond donors (Lipinski definition) is 2. The van der Waals surface area contributed by atoms with Crippen molar-refractivity contribution in [3.05, 3.63) is 28.2 Å². The Labute approximate surface area is 87.2 Å². The van der Waals surface area contributed by atoms with Crippen molar-refractivity contribution >= 4 is 28.9 Å². The molecule has 0 aliphatic carbocycles. The summed E-state index contributed by atoms with van der Waals surface area (Å²) in [6.45, 7) is 2.00. The third-order valence-corrected chi connectivity index (χ3v) is 2.62. The van der Waals surface area contributed by atoms with Crippen LogP contribution in [0.4, 0.5) is 5.69 Å². The van der Waals surface area contributed by atoms with E-state index in [2.05, 4.69) is 10.6 Å². The van der Waals surface area contributed by atoms with Crippen molar-refractivity contribution in [2.75, 3.05) is 18.4 Å². The molecule has 4 heteroatoms. The van der Waals surface area contributed by atoms with Gasteiger partial charge < -0.3 is 10.6 Å². The first-order valence-corrected chi connectivity index (χ1v) is 4.93. The fourth-order valence-electron chi connectivity index (χ4n) is 1.22. The molecule has 0 bridgehead atoms. The fraction of sp³-hybridized carbons (Fsp3) is 0.333. The number of nitrogens with one attached hydrogen (secondary N) is 2. The summed E-state index contributed by atoms with van der Waals surface area (Å²) in [5, 5.41) is 7.85. The van der Waals surface area contributed by atoms with E-state index in [9.17, 15) is 0 Å². The largest absolute Gasteiger partial charge is 0.379 e. The van der Waals surface area contributed by atoms with Crippen molar-refractivity contribution in [3.63, 3.8) is 0 Å². The zero-order valence-electron chi connectivity index (χ0n) is 6.98. The predicted molar refractivity (Wildman–Crippen MR) is 56.7 cm³/mol. The van der Waals surface area contributed by atoms with Crippen LogP contribution in [0.25, 0.3) is 0 Å². The first-order valence-electron chi connectivity index (χ1n) is 4.18. The predicted octanol–water partition coefficient (Wildman–Crippen LogP) is 2.38. The van der Waals surface area contributed by atoms with Gasteiger partial charge in [-0.05, 0) is 18.2 Å². The van der Waals surface area contributed by atoms with Gasteiger partial charge in [0, 0.05) is 18.1 Å². The number of hydrogen-bond acceptors (Lipinski definition) is 2. The molecule has 0 saturated carbocycles. The summed E-state index contributed by atoms with van der Waals surface area (Å²) in [5.41, 5.74) is 0.956. The topological polar surface area (TPSA) is 24.1 Å². The number of anilines is 1. The van der Waals surface area contributed by atoms with Crippen molar-refractivity contribution in [1.29, 1.82) is 0 Å². The zero-order chi connectivity index (χ0) is 9.26. The zero-order valence-corrected chi connectivity index (χ0v) is 8.49. The van der Waals surface area contributed by atoms with E-state index in [-0.39, 0.29) is 0 Å². The first kappa shape index (κ1) is 9.13. The summed E-state index contributed by atoms with van der Waals surface area (Å²) in [6.07, 6.45) is 0. The molecule has 2 rings (SSSR count). The Kier molecular flexibility index (Phi) is 2.63. The van der Waals surface area contributed by atoms with Crippen LogP contribution in [-0.4, -0.2) is 19.1 Å². The van der Waals surface area contributed by atoms with E-state index < -0.39 is 0 Å². The Morgan fingerprint density at radius 3 is 2.62 bits per heavy atom. The molecular weight excluding hydrogens is 207 g/mol. The van der Waals surface area contributed by atoms with Gasteiger partial charge in [0.2, 0.25) is 0 Å². The van der Waals surface area contributed by atoms with Gasteiger partial charge in [0.15, 0.2) is 0 Å². The van der Waals surface area contributed by atoms with Crippen LogP contribution >= 0.6 is 23.2 Å². The lowest BCUT2D eigenvalue weighted by Crippen LogP contribution is -2.51. The third-order valence-electron chi connectivity index (χ3n) is 2.07. The highest BCUT2D eigenvalue weighted by molar-refractivity contribution is 6.36. The Hall–Kier alpha value is -0.440. The minimum Gasteiger partial charge on any atom is -0.379 e. The smallest absolute Gasteiger partial charge is 0.0652 e. The van der Waals surface area contributed by atoms with Crippen LogP contribution < -0.4 is 10.6 Å². The summed E-state index contributed by atoms with van der Waals surface area (Å²) in [5.74, 6) is 0. The second-order valence-corrected chi connectivity index (χ2v) is 3.97. The molecule has 0 unspecified atom stereocenters. The van der Waals surface area contributed by atoms with Gasteiger partial charge in [-0.2, -0.15) is 0 Å². The van der Waals surface area contributed by atoms with Crippen LogP contribution in [-0.2, 0) is 0 Å². The molecule has 70 valence electrons. The average molecular weight is 217 g/mol. The Balaban J connectivity index is 2.10. The highest BCUT2D eigenvalue weighted by Crippen LogP contribution is 2.26. The van der Waals surface area contributed by atoms with Gasteiger partial charge in [-0.1, -0.05) is 23.2 Å². The molecule has 1 aliphatic heterocycles. The lowest BCUT2D eigenvalue weighted by molar-refractivity contribution is 0.472. The molecule has 1 heterocycles. The van der Waals surface area contributed by atoms with Crippen molar-refractivity contribution in [2.45, 2.75) is 6.04 Å². The van der Waals surface area contributed by atoms with Crippen LogP contribution in [0.2, 0.25) is 10.0 Å². The van der Waals surface area contributed by atoms with Crippen molar-refractivity contribution in [2.24, 2.45) is 0 Å². The molecule has 1 aromatic rings. The van der Waals surface area contributed by atoms with Gasteiger partial charge >= 0.3 is 0 Å². The molecule has 2 nitrogen and oxygen atoms in total. The minimum atomic E-state index is 0.499. The van der Waals surface area contributed by atoms with E-state index in [0.717, 1.165) is 18.8 Å². The van der Waals surface area contributed by atoms with Gasteiger partial charge in [-0.3, -0.25) is 0 Å². The molecule has 0 aromatic heterocycles. The standard InChI is InChI=1S/C9H10Cl2N2/c10-6-1-2-9(8(11)3-6)13-7-4-12-5-7/h1-3,7,12-13H,4-5H2. The first-order chi connectivity index (χ1) is 6.25. The average Bonchev–Trinajstić information content (AvgIpc) is 1.99. The molecular formula is C9H10Cl2N2. The van der Waals surface area contributed by atoms with Crippen LogP contribution in [0, 0.1) is 0 Å². The van der Waals surface area contributed by atoms with E-state index in [1.807, 2.05) is 12.1 Å². The summed E-state index contributed by atoms with van der Waals surface area (Å²) < 4.78 is 0. The maximum Gasteiger partial charge on any atom is 0.0652 e. The van der Waals surface area contributed by atoms with Gasteiger partial charge in [0.1, 0.15) is 0 Å². The molecule has 1 aromatic carbocycles. The van der Waals surface area contributed by atoms with E-state index in [4.69, 9.17) is 23.2 Å². The quantitative estimate of drug-likeness (QED) is 0.794. The van der Waals surface area contributed by atoms with Gasteiger partial charge in [0.25, 0.3) is 0 Å². The van der Waals surface area contributed by atoms with Crippen LogP contribution in [0.15, 0.2) is 18.2 Å². The van der Waals surface area contributed by atoms with E-state index in [1.54, 1.807) is 6.07 Å². The Morgan fingerprint density at radius 2 is 2.08 bits per heavy atom. The van der Waals surface area contributed by atoms with Gasteiger partial charge in [0.05, 0.1) is 16.8 Å². The molecule has 13 heavy (non-hydrogen) atoms. The molecule has 0 atom stereocenters. The fourth-order valence-corrected chi connectivity index (χ4v) is 1.68. The summed E-state index contributed by atoms with van der Waals surface area (Å²) in [7, 11) is 0. The number of rotatable bonds is 2. The SMILES string of the molecule is Clc1ccc(NC2CNC2)c(Cl)c1. The van der Waals surface area contributed by atoms with Gasteiger partial charge in [-0.15, -0.1) is 0 Å². The summed E-state index contributed by atoms with van der Waals surface area (Å²) >= 11 is 11.8. The lowest BCUT2D eigenvalue weighted by atomic mass is 10.1. The Bertz CT molecular complexity index is 310. The normalized spacial score (nSPS) is 16.8. The molecule has 0 amide bonds. The van der Waals surface area contributed by atoms with E-state index in [0.29, 0.717) is 16.1 Å². The second kappa shape index (κ2) is 3.74. The number of halogens is 2. The molecule has 1 aliphatic rings. The van der Waals surface area contributed by atoms with Crippen LogP contribution in [0.5, 0.6) is 0 Å². The molecule has 0 spiro atoms. The monoisotopic (exact) mass is 216 g/mol. The molecule has 2 N–H and O–H groups in total. The van der Waals surface area contributed by atoms with Crippen molar-refractivity contribution in [1.82, 2.24) is 5.32 Å². The van der Waals surface area contributed by atoms with Crippen molar-refractivity contribution < 1.29 is 0 Å². The van der Waals surface area contributed by atoms with Crippen LogP contribution in [0.3, 0.4) is 0 Å². The maximum absolute atomic E-state index is 5.99. The Morgan fingerprint density at radius 1 is 1.31 bits per heavy atom. The maximum atomic E-state index is 5.99. The number of benzene rings is 1. The van der Waals surface area contributed by atoms with Crippen LogP contribution in [0.1, 0.15) is 0 Å². The van der Waals surface area contributed by atoms with Gasteiger partial charge in [-0.25, -0.2) is 0 Å². The molecule has 1 saturated heterocycles. The van der Waals surface area contributed by atoms with E-state index >= 15 is 0 Å². The highest BCUT2D eigenvalue weighted by atomic mass is 35.5. The van der Waals surface area contributed by atoms with E-state index in [1.165, 1.54) is 0 Å². The van der Waals surface area contributed by atoms with Crippen molar-refractivity contribution in [3.8, 4) is 0 Å². The third kappa shape index (κ3) is 2.08. The molecule has 0 radical (unpaired) electrons.